The van der Waals surface area contributed by atoms with Crippen molar-refractivity contribution < 1.29 is 9.15 Å². The van der Waals surface area contributed by atoms with Crippen LogP contribution in [0.2, 0.25) is 5.02 Å². The fourth-order valence-corrected chi connectivity index (χ4v) is 4.12. The molecule has 3 aromatic rings. The lowest BCUT2D eigenvalue weighted by atomic mass is 10.0. The fourth-order valence-electron chi connectivity index (χ4n) is 3.53. The Morgan fingerprint density at radius 3 is 2.70 bits per heavy atom. The molecule has 2 atom stereocenters. The maximum Gasteiger partial charge on any atom is 0.195 e. The van der Waals surface area contributed by atoms with E-state index in [9.17, 15) is 0 Å². The highest BCUT2D eigenvalue weighted by atomic mass is 35.5. The number of halogens is 1. The van der Waals surface area contributed by atoms with Crippen LogP contribution in [0.5, 0.6) is 5.75 Å². The lowest BCUT2D eigenvalue weighted by molar-refractivity contribution is -0.0328. The smallest absolute Gasteiger partial charge is 0.195 e. The first-order valence-corrected chi connectivity index (χ1v) is 10.2. The van der Waals surface area contributed by atoms with Crippen molar-refractivity contribution in [2.45, 2.75) is 17.2 Å². The van der Waals surface area contributed by atoms with Gasteiger partial charge in [0.2, 0.25) is 0 Å². The third-order valence-corrected chi connectivity index (χ3v) is 5.82. The van der Waals surface area contributed by atoms with Gasteiger partial charge in [0.25, 0.3) is 0 Å². The summed E-state index contributed by atoms with van der Waals surface area (Å²) in [5, 5.41) is 2.80. The van der Waals surface area contributed by atoms with Crippen molar-refractivity contribution in [3.8, 4) is 5.75 Å². The number of hydrazine groups is 1. The van der Waals surface area contributed by atoms with Crippen LogP contribution in [0.25, 0.3) is 5.70 Å². The second-order valence-corrected chi connectivity index (χ2v) is 7.76. The number of hydrogen-bond acceptors (Lipinski definition) is 5. The molecule has 1 aromatic heterocycles. The van der Waals surface area contributed by atoms with Crippen molar-refractivity contribution in [1.29, 1.82) is 0 Å². The van der Waals surface area contributed by atoms with Crippen molar-refractivity contribution >= 4 is 29.1 Å². The van der Waals surface area contributed by atoms with Crippen LogP contribution in [-0.4, -0.2) is 11.3 Å². The molecular formula is C21H17ClN2O2S. The van der Waals surface area contributed by atoms with Gasteiger partial charge in [0.15, 0.2) is 12.0 Å². The third-order valence-electron chi connectivity index (χ3n) is 4.84. The first kappa shape index (κ1) is 16.8. The number of nitrogens with zero attached hydrogens (tertiary/aromatic N) is 1. The minimum atomic E-state index is -0.261. The summed E-state index contributed by atoms with van der Waals surface area (Å²) in [6.07, 6.45) is 5.64. The van der Waals surface area contributed by atoms with Crippen LogP contribution in [0.1, 0.15) is 29.2 Å². The lowest BCUT2D eigenvalue weighted by Crippen LogP contribution is -2.43. The Morgan fingerprint density at radius 1 is 1.11 bits per heavy atom. The average molecular weight is 397 g/mol. The molecule has 2 aliphatic heterocycles. The molecule has 2 aromatic carbocycles. The summed E-state index contributed by atoms with van der Waals surface area (Å²) in [4.78, 5) is 1.22. The van der Waals surface area contributed by atoms with Crippen LogP contribution in [0.15, 0.2) is 76.2 Å². The molecule has 0 spiro atoms. The van der Waals surface area contributed by atoms with Gasteiger partial charge in [0.05, 0.1) is 18.0 Å². The Kier molecular flexibility index (Phi) is 4.16. The van der Waals surface area contributed by atoms with Crippen LogP contribution < -0.4 is 10.2 Å². The summed E-state index contributed by atoms with van der Waals surface area (Å²) in [5.41, 5.74) is 6.50. The topological polar surface area (TPSA) is 37.6 Å². The number of fused-ring (bicyclic) bond motifs is 3. The van der Waals surface area contributed by atoms with E-state index in [-0.39, 0.29) is 12.3 Å². The number of nitrogens with one attached hydrogen (secondary N) is 1. The molecule has 0 saturated heterocycles. The van der Waals surface area contributed by atoms with Crippen molar-refractivity contribution in [3.63, 3.8) is 0 Å². The lowest BCUT2D eigenvalue weighted by Gasteiger charge is -2.39. The molecule has 2 unspecified atom stereocenters. The molecule has 0 amide bonds. The van der Waals surface area contributed by atoms with Gasteiger partial charge in [0.1, 0.15) is 5.75 Å². The van der Waals surface area contributed by atoms with E-state index in [2.05, 4.69) is 47.0 Å². The standard InChI is InChI=1S/C21H17ClN2O2S/c1-27-15-7-4-13(5-8-15)21-24-18(12-17(23-24)20-3-2-10-25-20)16-11-14(22)6-9-19(16)26-21/h2-12,18,21,23H,1H3. The highest BCUT2D eigenvalue weighted by molar-refractivity contribution is 7.98. The molecule has 5 rings (SSSR count). The van der Waals surface area contributed by atoms with Gasteiger partial charge in [-0.2, -0.15) is 5.01 Å². The molecule has 0 radical (unpaired) electrons. The number of thioether (sulfide) groups is 1. The number of hydrogen-bond donors (Lipinski definition) is 1. The highest BCUT2D eigenvalue weighted by Crippen LogP contribution is 2.46. The Bertz CT molecular complexity index is 1000. The molecule has 0 fully saturated rings. The first-order chi connectivity index (χ1) is 13.2. The zero-order chi connectivity index (χ0) is 18.4. The molecule has 0 bridgehead atoms. The van der Waals surface area contributed by atoms with Gasteiger partial charge < -0.3 is 14.6 Å². The summed E-state index contributed by atoms with van der Waals surface area (Å²) >= 11 is 7.98. The summed E-state index contributed by atoms with van der Waals surface area (Å²) in [6.45, 7) is 0. The molecule has 0 saturated carbocycles. The van der Waals surface area contributed by atoms with Crippen molar-refractivity contribution in [2.75, 3.05) is 6.26 Å². The first-order valence-electron chi connectivity index (χ1n) is 8.64. The number of furan rings is 1. The van der Waals surface area contributed by atoms with Gasteiger partial charge in [-0.3, -0.25) is 0 Å². The molecule has 6 heteroatoms. The molecule has 1 N–H and O–H groups in total. The van der Waals surface area contributed by atoms with Gasteiger partial charge in [-0.15, -0.1) is 11.8 Å². The Balaban J connectivity index is 1.58. The van der Waals surface area contributed by atoms with E-state index in [0.717, 1.165) is 28.3 Å². The molecular weight excluding hydrogens is 380 g/mol. The van der Waals surface area contributed by atoms with E-state index in [1.165, 1.54) is 4.90 Å². The van der Waals surface area contributed by atoms with Gasteiger partial charge in [-0.25, -0.2) is 0 Å². The summed E-state index contributed by atoms with van der Waals surface area (Å²) in [7, 11) is 0. The van der Waals surface area contributed by atoms with Crippen LogP contribution in [0, 0.1) is 0 Å². The second-order valence-electron chi connectivity index (χ2n) is 6.45. The average Bonchev–Trinajstić information content (AvgIpc) is 3.37. The van der Waals surface area contributed by atoms with E-state index in [1.54, 1.807) is 18.0 Å². The molecule has 27 heavy (non-hydrogen) atoms. The van der Waals surface area contributed by atoms with Crippen molar-refractivity contribution in [3.05, 3.63) is 88.8 Å². The zero-order valence-electron chi connectivity index (χ0n) is 14.6. The third kappa shape index (κ3) is 2.92. The summed E-state index contributed by atoms with van der Waals surface area (Å²) in [6, 6.07) is 18.1. The van der Waals surface area contributed by atoms with E-state index in [0.29, 0.717) is 5.02 Å². The Hall–Kier alpha value is -2.34. The largest absolute Gasteiger partial charge is 0.469 e. The van der Waals surface area contributed by atoms with Gasteiger partial charge in [-0.05, 0) is 54.8 Å². The Morgan fingerprint density at radius 2 is 1.96 bits per heavy atom. The van der Waals surface area contributed by atoms with Crippen LogP contribution in [-0.2, 0) is 0 Å². The van der Waals surface area contributed by atoms with Gasteiger partial charge in [0, 0.05) is 21.0 Å². The number of benzene rings is 2. The van der Waals surface area contributed by atoms with Crippen LogP contribution >= 0.6 is 23.4 Å². The van der Waals surface area contributed by atoms with Crippen LogP contribution in [0.4, 0.5) is 0 Å². The summed E-state index contributed by atoms with van der Waals surface area (Å²) < 4.78 is 11.9. The molecule has 2 aliphatic rings. The Labute approximate surface area is 166 Å². The van der Waals surface area contributed by atoms with E-state index < -0.39 is 0 Å². The molecule has 136 valence electrons. The van der Waals surface area contributed by atoms with Gasteiger partial charge in [-0.1, -0.05) is 23.7 Å². The van der Waals surface area contributed by atoms with E-state index in [1.807, 2.05) is 30.3 Å². The van der Waals surface area contributed by atoms with Crippen LogP contribution in [0.3, 0.4) is 0 Å². The monoisotopic (exact) mass is 396 g/mol. The number of rotatable bonds is 3. The van der Waals surface area contributed by atoms with Crippen molar-refractivity contribution in [2.24, 2.45) is 0 Å². The molecule has 4 nitrogen and oxygen atoms in total. The van der Waals surface area contributed by atoms with Gasteiger partial charge >= 0.3 is 0 Å². The van der Waals surface area contributed by atoms with Crippen molar-refractivity contribution in [1.82, 2.24) is 10.4 Å². The van der Waals surface area contributed by atoms with E-state index in [4.69, 9.17) is 20.8 Å². The molecule has 0 aliphatic carbocycles. The quantitative estimate of drug-likeness (QED) is 0.579. The second kappa shape index (κ2) is 6.68. The zero-order valence-corrected chi connectivity index (χ0v) is 16.1. The number of ether oxygens (including phenoxy) is 1. The SMILES string of the molecule is CSc1ccc(C2Oc3ccc(Cl)cc3C3C=C(c4ccco4)NN32)cc1. The fraction of sp³-hybridized carbons (Fsp3) is 0.143. The highest BCUT2D eigenvalue weighted by Gasteiger charge is 2.40. The predicted molar refractivity (Wildman–Crippen MR) is 107 cm³/mol. The molecule has 3 heterocycles. The maximum absolute atomic E-state index is 6.36. The normalized spacial score (nSPS) is 21.0. The van der Waals surface area contributed by atoms with E-state index >= 15 is 0 Å². The summed E-state index contributed by atoms with van der Waals surface area (Å²) in [5.74, 6) is 1.64. The minimum absolute atomic E-state index is 0.00206. The predicted octanol–water partition coefficient (Wildman–Crippen LogP) is 5.65. The maximum atomic E-state index is 6.36. The minimum Gasteiger partial charge on any atom is -0.469 e.